The van der Waals surface area contributed by atoms with Crippen molar-refractivity contribution in [1.29, 1.82) is 0 Å². The van der Waals surface area contributed by atoms with Gasteiger partial charge in [-0.2, -0.15) is 0 Å². The smallest absolute Gasteiger partial charge is 0.171 e. The molecule has 0 aromatic rings. The Kier molecular flexibility index (Phi) is 16.0. The number of rotatable bonds is 18. The molecule has 0 spiro atoms. The lowest BCUT2D eigenvalue weighted by atomic mass is 9.76. The molecule has 152 valence electrons. The first-order valence-corrected chi connectivity index (χ1v) is 11.1. The molecule has 0 aromatic heterocycles. The normalized spacial score (nSPS) is 14.6. The number of hydrogen-bond acceptors (Lipinski definition) is 3. The molecule has 0 bridgehead atoms. The van der Waals surface area contributed by atoms with Crippen LogP contribution in [0.25, 0.3) is 0 Å². The predicted octanol–water partition coefficient (Wildman–Crippen LogP) is 6.17. The predicted molar refractivity (Wildman–Crippen MR) is 110 cm³/mol. The summed E-state index contributed by atoms with van der Waals surface area (Å²) in [4.78, 5) is 0. The van der Waals surface area contributed by atoms with E-state index in [0.717, 1.165) is 26.2 Å². The van der Waals surface area contributed by atoms with E-state index in [2.05, 4.69) is 39.9 Å². The van der Waals surface area contributed by atoms with Gasteiger partial charge in [-0.25, -0.2) is 0 Å². The fourth-order valence-electron chi connectivity index (χ4n) is 4.22. The van der Waals surface area contributed by atoms with Crippen molar-refractivity contribution in [3.05, 3.63) is 0 Å². The van der Waals surface area contributed by atoms with Gasteiger partial charge in [0.05, 0.1) is 0 Å². The fraction of sp³-hybridized carbons (Fsp3) is 1.00. The molecule has 1 N–H and O–H groups in total. The molecule has 3 nitrogen and oxygen atoms in total. The minimum atomic E-state index is -0.401. The molecule has 0 fully saturated rings. The van der Waals surface area contributed by atoms with Crippen molar-refractivity contribution in [2.45, 2.75) is 105 Å². The molecule has 2 unspecified atom stereocenters. The van der Waals surface area contributed by atoms with Crippen LogP contribution in [0.2, 0.25) is 0 Å². The molecule has 2 atom stereocenters. The number of ether oxygens (including phenoxy) is 2. The van der Waals surface area contributed by atoms with E-state index in [1.54, 1.807) is 0 Å². The van der Waals surface area contributed by atoms with Gasteiger partial charge < -0.3 is 14.8 Å². The summed E-state index contributed by atoms with van der Waals surface area (Å²) in [7, 11) is 2.04. The van der Waals surface area contributed by atoms with Crippen molar-refractivity contribution in [3.63, 3.8) is 0 Å². The Morgan fingerprint density at radius 1 is 0.800 bits per heavy atom. The maximum Gasteiger partial charge on any atom is 0.171 e. The Labute approximate surface area is 158 Å². The summed E-state index contributed by atoms with van der Waals surface area (Å²) in [6, 6.07) is 0. The molecule has 0 aliphatic carbocycles. The van der Waals surface area contributed by atoms with E-state index in [1.165, 1.54) is 57.8 Å². The Morgan fingerprint density at radius 2 is 1.44 bits per heavy atom. The maximum atomic E-state index is 6.30. The summed E-state index contributed by atoms with van der Waals surface area (Å²) in [6.07, 6.45) is 12.6. The monoisotopic (exact) mass is 357 g/mol. The zero-order valence-corrected chi connectivity index (χ0v) is 18.2. The van der Waals surface area contributed by atoms with Crippen molar-refractivity contribution in [1.82, 2.24) is 5.32 Å². The zero-order valence-electron chi connectivity index (χ0n) is 18.2. The van der Waals surface area contributed by atoms with Crippen LogP contribution in [0.3, 0.4) is 0 Å². The summed E-state index contributed by atoms with van der Waals surface area (Å²) >= 11 is 0. The lowest BCUT2D eigenvalue weighted by molar-refractivity contribution is -0.276. The van der Waals surface area contributed by atoms with Crippen LogP contribution in [0.1, 0.15) is 98.8 Å². The first-order chi connectivity index (χ1) is 12.2. The number of hydrogen-bond donors (Lipinski definition) is 1. The molecule has 0 heterocycles. The first-order valence-electron chi connectivity index (χ1n) is 11.1. The topological polar surface area (TPSA) is 30.5 Å². The van der Waals surface area contributed by atoms with Crippen molar-refractivity contribution < 1.29 is 9.47 Å². The summed E-state index contributed by atoms with van der Waals surface area (Å²) in [5, 5.41) is 3.30. The highest BCUT2D eigenvalue weighted by molar-refractivity contribution is 4.84. The molecular weight excluding hydrogens is 310 g/mol. The third kappa shape index (κ3) is 9.40. The molecular formula is C22H47NO2. The Balaban J connectivity index is 5.08. The van der Waals surface area contributed by atoms with E-state index >= 15 is 0 Å². The molecule has 3 heteroatoms. The molecule has 0 radical (unpaired) electrons. The lowest BCUT2D eigenvalue weighted by Crippen LogP contribution is -2.47. The van der Waals surface area contributed by atoms with E-state index < -0.39 is 5.79 Å². The van der Waals surface area contributed by atoms with Gasteiger partial charge in [-0.3, -0.25) is 0 Å². The van der Waals surface area contributed by atoms with Gasteiger partial charge in [0.25, 0.3) is 0 Å². The molecule has 0 saturated carbocycles. The maximum absolute atomic E-state index is 6.30. The minimum absolute atomic E-state index is 0.401. The summed E-state index contributed by atoms with van der Waals surface area (Å²) in [6.45, 7) is 13.6. The van der Waals surface area contributed by atoms with E-state index in [4.69, 9.17) is 9.47 Å². The second-order valence-electron chi connectivity index (χ2n) is 7.25. The third-order valence-electron chi connectivity index (χ3n) is 5.55. The standard InChI is InChI=1S/C22H47NO2/c1-7-12-13-14-15-17-20(8-2)21(18-16-19-23-6)22(9-3,24-10-4)25-11-5/h20-21,23H,7-19H2,1-6H3. The van der Waals surface area contributed by atoms with Crippen LogP contribution in [-0.4, -0.2) is 32.6 Å². The quantitative estimate of drug-likeness (QED) is 0.235. The van der Waals surface area contributed by atoms with Gasteiger partial charge in [0.15, 0.2) is 5.79 Å². The van der Waals surface area contributed by atoms with Gasteiger partial charge >= 0.3 is 0 Å². The zero-order chi connectivity index (χ0) is 19.0. The third-order valence-corrected chi connectivity index (χ3v) is 5.55. The molecule has 0 rings (SSSR count). The van der Waals surface area contributed by atoms with Crippen molar-refractivity contribution >= 4 is 0 Å². The van der Waals surface area contributed by atoms with Crippen molar-refractivity contribution in [2.75, 3.05) is 26.8 Å². The van der Waals surface area contributed by atoms with Crippen LogP contribution in [0, 0.1) is 11.8 Å². The van der Waals surface area contributed by atoms with Gasteiger partial charge in [0, 0.05) is 19.1 Å². The Hall–Kier alpha value is -0.120. The van der Waals surface area contributed by atoms with E-state index in [-0.39, 0.29) is 0 Å². The van der Waals surface area contributed by atoms with E-state index in [9.17, 15) is 0 Å². The van der Waals surface area contributed by atoms with Crippen molar-refractivity contribution in [2.24, 2.45) is 11.8 Å². The Bertz CT molecular complexity index is 277. The van der Waals surface area contributed by atoms with Crippen LogP contribution in [0.5, 0.6) is 0 Å². The van der Waals surface area contributed by atoms with E-state index in [0.29, 0.717) is 11.8 Å². The van der Waals surface area contributed by atoms with Crippen LogP contribution in [0.4, 0.5) is 0 Å². The van der Waals surface area contributed by atoms with Gasteiger partial charge in [-0.05, 0) is 59.0 Å². The fourth-order valence-corrected chi connectivity index (χ4v) is 4.22. The molecule has 0 aromatic carbocycles. The van der Waals surface area contributed by atoms with Crippen LogP contribution < -0.4 is 5.32 Å². The summed E-state index contributed by atoms with van der Waals surface area (Å²) < 4.78 is 12.6. The molecule has 0 amide bonds. The summed E-state index contributed by atoms with van der Waals surface area (Å²) in [5.74, 6) is 0.778. The van der Waals surface area contributed by atoms with Gasteiger partial charge in [0.2, 0.25) is 0 Å². The lowest BCUT2D eigenvalue weighted by Gasteiger charge is -2.43. The van der Waals surface area contributed by atoms with Gasteiger partial charge in [0.1, 0.15) is 0 Å². The SMILES string of the molecule is CCCCCCCC(CC)C(CCCNC)C(CC)(OCC)OCC. The Morgan fingerprint density at radius 3 is 1.92 bits per heavy atom. The first kappa shape index (κ1) is 24.9. The largest absolute Gasteiger partial charge is 0.350 e. The number of nitrogens with one attached hydrogen (secondary N) is 1. The average Bonchev–Trinajstić information content (AvgIpc) is 2.62. The highest BCUT2D eigenvalue weighted by Gasteiger charge is 2.42. The summed E-state index contributed by atoms with van der Waals surface area (Å²) in [5.41, 5.74) is 0. The highest BCUT2D eigenvalue weighted by Crippen LogP contribution is 2.40. The van der Waals surface area contributed by atoms with Crippen molar-refractivity contribution in [3.8, 4) is 0 Å². The average molecular weight is 358 g/mol. The molecule has 0 saturated heterocycles. The second kappa shape index (κ2) is 16.1. The molecule has 25 heavy (non-hydrogen) atoms. The van der Waals surface area contributed by atoms with Crippen LogP contribution in [0.15, 0.2) is 0 Å². The minimum Gasteiger partial charge on any atom is -0.350 e. The second-order valence-corrected chi connectivity index (χ2v) is 7.25. The molecule has 0 aliphatic rings. The molecule has 0 aliphatic heterocycles. The van der Waals surface area contributed by atoms with Crippen LogP contribution in [-0.2, 0) is 9.47 Å². The number of unbranched alkanes of at least 4 members (excludes halogenated alkanes) is 4. The van der Waals surface area contributed by atoms with E-state index in [1.807, 2.05) is 7.05 Å². The van der Waals surface area contributed by atoms with Gasteiger partial charge in [-0.15, -0.1) is 0 Å². The van der Waals surface area contributed by atoms with Gasteiger partial charge in [-0.1, -0.05) is 59.3 Å². The van der Waals surface area contributed by atoms with Crippen LogP contribution >= 0.6 is 0 Å². The highest BCUT2D eigenvalue weighted by atomic mass is 16.7.